The second kappa shape index (κ2) is 3.11. The molecule has 0 aliphatic heterocycles. The average Bonchev–Trinajstić information content (AvgIpc) is 2.67. The van der Waals surface area contributed by atoms with Crippen molar-refractivity contribution in [3.63, 3.8) is 0 Å². The maximum absolute atomic E-state index is 6.49. The molecule has 86 valence electrons. The van der Waals surface area contributed by atoms with Crippen molar-refractivity contribution in [2.75, 3.05) is 0 Å². The lowest BCUT2D eigenvalue weighted by molar-refractivity contribution is 0.417. The molecule has 3 aliphatic carbocycles. The highest BCUT2D eigenvalue weighted by Gasteiger charge is 2.66. The molecule has 0 radical (unpaired) electrons. The SMILES string of the molecule is Cc1sccc1C(N)C1C2C3CCC(C3)C21. The molecule has 2 heteroatoms. The Labute approximate surface area is 101 Å². The second-order valence-electron chi connectivity index (χ2n) is 6.02. The zero-order valence-electron chi connectivity index (χ0n) is 9.73. The summed E-state index contributed by atoms with van der Waals surface area (Å²) in [6, 6.07) is 2.59. The van der Waals surface area contributed by atoms with Crippen LogP contribution in [0.5, 0.6) is 0 Å². The lowest BCUT2D eigenvalue weighted by Crippen LogP contribution is -2.17. The largest absolute Gasteiger partial charge is 0.324 e. The summed E-state index contributed by atoms with van der Waals surface area (Å²) in [7, 11) is 0. The van der Waals surface area contributed by atoms with E-state index in [1.807, 2.05) is 11.3 Å². The van der Waals surface area contributed by atoms with Crippen LogP contribution in [0.4, 0.5) is 0 Å². The van der Waals surface area contributed by atoms with Gasteiger partial charge in [0.05, 0.1) is 0 Å². The molecule has 3 saturated carbocycles. The van der Waals surface area contributed by atoms with Gasteiger partial charge in [-0.25, -0.2) is 0 Å². The van der Waals surface area contributed by atoms with Crippen LogP contribution >= 0.6 is 11.3 Å². The normalized spacial score (nSPS) is 45.8. The third-order valence-electron chi connectivity index (χ3n) is 5.47. The van der Waals surface area contributed by atoms with Gasteiger partial charge in [-0.15, -0.1) is 11.3 Å². The van der Waals surface area contributed by atoms with Crippen molar-refractivity contribution >= 4 is 11.3 Å². The predicted octanol–water partition coefficient (Wildman–Crippen LogP) is 3.35. The highest BCUT2D eigenvalue weighted by Crippen LogP contribution is 2.71. The first-order valence-corrected chi connectivity index (χ1v) is 7.45. The topological polar surface area (TPSA) is 26.0 Å². The molecule has 2 bridgehead atoms. The maximum atomic E-state index is 6.49. The highest BCUT2D eigenvalue weighted by atomic mass is 32.1. The van der Waals surface area contributed by atoms with Crippen LogP contribution in [0.3, 0.4) is 0 Å². The molecule has 16 heavy (non-hydrogen) atoms. The van der Waals surface area contributed by atoms with Crippen molar-refractivity contribution in [1.29, 1.82) is 0 Å². The minimum Gasteiger partial charge on any atom is -0.324 e. The molecule has 1 nitrogen and oxygen atoms in total. The molecule has 5 unspecified atom stereocenters. The number of rotatable bonds is 2. The number of hydrogen-bond donors (Lipinski definition) is 1. The highest BCUT2D eigenvalue weighted by molar-refractivity contribution is 7.10. The van der Waals surface area contributed by atoms with E-state index in [4.69, 9.17) is 5.73 Å². The molecule has 4 rings (SSSR count). The summed E-state index contributed by atoms with van der Waals surface area (Å²) in [5, 5.41) is 2.19. The van der Waals surface area contributed by atoms with Crippen molar-refractivity contribution < 1.29 is 0 Å². The standard InChI is InChI=1S/C14H19NS/c1-7-10(4-5-16-7)14(15)13-11-8-2-3-9(6-8)12(11)13/h4-5,8-9,11-14H,2-3,6,15H2,1H3. The van der Waals surface area contributed by atoms with Crippen molar-refractivity contribution in [2.24, 2.45) is 35.3 Å². The quantitative estimate of drug-likeness (QED) is 0.833. The van der Waals surface area contributed by atoms with Gasteiger partial charge in [0.25, 0.3) is 0 Å². The first-order valence-electron chi connectivity index (χ1n) is 6.57. The van der Waals surface area contributed by atoms with Crippen molar-refractivity contribution in [3.05, 3.63) is 21.9 Å². The van der Waals surface area contributed by atoms with E-state index in [9.17, 15) is 0 Å². The molecule has 3 fully saturated rings. The second-order valence-corrected chi connectivity index (χ2v) is 7.14. The molecule has 3 aliphatic rings. The van der Waals surface area contributed by atoms with Gasteiger partial charge < -0.3 is 5.73 Å². The third-order valence-corrected chi connectivity index (χ3v) is 6.33. The summed E-state index contributed by atoms with van der Waals surface area (Å²) in [5.74, 6) is 4.94. The van der Waals surface area contributed by atoms with Crippen LogP contribution in [-0.2, 0) is 0 Å². The summed E-state index contributed by atoms with van der Waals surface area (Å²) in [6.07, 6.45) is 4.52. The Morgan fingerprint density at radius 2 is 2.00 bits per heavy atom. The van der Waals surface area contributed by atoms with E-state index in [2.05, 4.69) is 18.4 Å². The van der Waals surface area contributed by atoms with E-state index in [1.165, 1.54) is 29.7 Å². The van der Waals surface area contributed by atoms with Crippen LogP contribution in [0.1, 0.15) is 35.7 Å². The van der Waals surface area contributed by atoms with Crippen LogP contribution in [0.25, 0.3) is 0 Å². The van der Waals surface area contributed by atoms with Gasteiger partial charge in [0.2, 0.25) is 0 Å². The summed E-state index contributed by atoms with van der Waals surface area (Å²) >= 11 is 1.84. The van der Waals surface area contributed by atoms with Gasteiger partial charge in [0.15, 0.2) is 0 Å². The summed E-state index contributed by atoms with van der Waals surface area (Å²) in [4.78, 5) is 1.44. The van der Waals surface area contributed by atoms with Gasteiger partial charge in [0.1, 0.15) is 0 Å². The fourth-order valence-corrected chi connectivity index (χ4v) is 5.58. The van der Waals surface area contributed by atoms with E-state index < -0.39 is 0 Å². The lowest BCUT2D eigenvalue weighted by atomic mass is 9.94. The number of thiophene rings is 1. The summed E-state index contributed by atoms with van der Waals surface area (Å²) in [6.45, 7) is 2.21. The Morgan fingerprint density at radius 3 is 2.56 bits per heavy atom. The fraction of sp³-hybridized carbons (Fsp3) is 0.714. The van der Waals surface area contributed by atoms with Crippen LogP contribution in [0, 0.1) is 36.5 Å². The van der Waals surface area contributed by atoms with Gasteiger partial charge in [0, 0.05) is 10.9 Å². The van der Waals surface area contributed by atoms with E-state index in [0.29, 0.717) is 6.04 Å². The molecule has 1 heterocycles. The van der Waals surface area contributed by atoms with E-state index >= 15 is 0 Å². The van der Waals surface area contributed by atoms with Gasteiger partial charge in [-0.3, -0.25) is 0 Å². The lowest BCUT2D eigenvalue weighted by Gasteiger charge is -2.16. The Hall–Kier alpha value is -0.340. The van der Waals surface area contributed by atoms with Gasteiger partial charge >= 0.3 is 0 Å². The van der Waals surface area contributed by atoms with Crippen molar-refractivity contribution in [2.45, 2.75) is 32.2 Å². The predicted molar refractivity (Wildman–Crippen MR) is 67.3 cm³/mol. The Kier molecular flexibility index (Phi) is 1.88. The molecule has 0 spiro atoms. The molecule has 0 aromatic carbocycles. The maximum Gasteiger partial charge on any atom is 0.0340 e. The van der Waals surface area contributed by atoms with Crippen molar-refractivity contribution in [3.8, 4) is 0 Å². The number of aryl methyl sites for hydroxylation is 1. The molecule has 5 atom stereocenters. The molecular formula is C14H19NS. The van der Waals surface area contributed by atoms with Crippen molar-refractivity contribution in [1.82, 2.24) is 0 Å². The summed E-state index contributed by atoms with van der Waals surface area (Å²) in [5.41, 5.74) is 7.93. The Bertz CT molecular complexity index is 408. The van der Waals surface area contributed by atoms with Crippen LogP contribution in [-0.4, -0.2) is 0 Å². The van der Waals surface area contributed by atoms with Crippen LogP contribution < -0.4 is 5.73 Å². The first-order chi connectivity index (χ1) is 7.77. The molecule has 1 aromatic rings. The fourth-order valence-electron chi connectivity index (χ4n) is 4.82. The van der Waals surface area contributed by atoms with E-state index in [1.54, 1.807) is 0 Å². The number of hydrogen-bond acceptors (Lipinski definition) is 2. The smallest absolute Gasteiger partial charge is 0.0340 e. The molecule has 0 saturated heterocycles. The Morgan fingerprint density at radius 1 is 1.31 bits per heavy atom. The monoisotopic (exact) mass is 233 g/mol. The first kappa shape index (κ1) is 9.67. The molecule has 2 N–H and O–H groups in total. The van der Waals surface area contributed by atoms with Gasteiger partial charge in [-0.2, -0.15) is 0 Å². The minimum absolute atomic E-state index is 0.338. The zero-order chi connectivity index (χ0) is 10.9. The molecule has 1 aromatic heterocycles. The minimum atomic E-state index is 0.338. The van der Waals surface area contributed by atoms with E-state index in [0.717, 1.165) is 29.6 Å². The Balaban J connectivity index is 1.59. The van der Waals surface area contributed by atoms with Gasteiger partial charge in [-0.05, 0) is 72.8 Å². The van der Waals surface area contributed by atoms with Gasteiger partial charge in [-0.1, -0.05) is 0 Å². The molecular weight excluding hydrogens is 214 g/mol. The molecule has 0 amide bonds. The number of fused-ring (bicyclic) bond motifs is 5. The number of nitrogens with two attached hydrogens (primary N) is 1. The van der Waals surface area contributed by atoms with E-state index in [-0.39, 0.29) is 0 Å². The van der Waals surface area contributed by atoms with Crippen LogP contribution in [0.15, 0.2) is 11.4 Å². The van der Waals surface area contributed by atoms with Crippen LogP contribution in [0.2, 0.25) is 0 Å². The zero-order valence-corrected chi connectivity index (χ0v) is 10.5. The summed E-state index contributed by atoms with van der Waals surface area (Å²) < 4.78 is 0. The third kappa shape index (κ3) is 1.10. The average molecular weight is 233 g/mol.